The minimum absolute atomic E-state index is 0.146. The maximum absolute atomic E-state index is 14.2. The summed E-state index contributed by atoms with van der Waals surface area (Å²) in [5.41, 5.74) is 4.20. The molecule has 1 unspecified atom stereocenters. The lowest BCUT2D eigenvalue weighted by Crippen LogP contribution is -2.16. The van der Waals surface area contributed by atoms with Gasteiger partial charge in [0.1, 0.15) is 5.82 Å². The predicted molar refractivity (Wildman–Crippen MR) is 119 cm³/mol. The summed E-state index contributed by atoms with van der Waals surface area (Å²) in [6, 6.07) is 12.9. The molecule has 6 nitrogen and oxygen atoms in total. The number of hydrogen-bond donors (Lipinski definition) is 2. The van der Waals surface area contributed by atoms with Gasteiger partial charge in [-0.3, -0.25) is 9.48 Å². The number of carbonyl (C=O) groups is 1. The van der Waals surface area contributed by atoms with E-state index in [0.717, 1.165) is 41.8 Å². The van der Waals surface area contributed by atoms with E-state index in [0.29, 0.717) is 19.4 Å². The van der Waals surface area contributed by atoms with Gasteiger partial charge in [-0.05, 0) is 48.6 Å². The van der Waals surface area contributed by atoms with Crippen molar-refractivity contribution in [2.75, 3.05) is 17.2 Å². The topological polar surface area (TPSA) is 68.2 Å². The highest BCUT2D eigenvalue weighted by atomic mass is 19.1. The second kappa shape index (κ2) is 9.75. The van der Waals surface area contributed by atoms with E-state index >= 15 is 0 Å². The van der Waals surface area contributed by atoms with Gasteiger partial charge in [-0.25, -0.2) is 4.39 Å². The number of aryl methyl sites for hydroxylation is 1. The van der Waals surface area contributed by atoms with Crippen molar-refractivity contribution >= 4 is 17.3 Å². The molecule has 1 aliphatic rings. The Morgan fingerprint density at radius 1 is 1.23 bits per heavy atom. The van der Waals surface area contributed by atoms with E-state index in [-0.39, 0.29) is 17.7 Å². The van der Waals surface area contributed by atoms with Crippen LogP contribution < -0.4 is 10.6 Å². The number of halogens is 1. The number of carbonyl (C=O) groups excluding carboxylic acids is 1. The molecule has 1 saturated heterocycles. The Hall–Kier alpha value is -3.19. The third kappa shape index (κ3) is 5.70. The zero-order valence-electron chi connectivity index (χ0n) is 17.6. The van der Waals surface area contributed by atoms with Crippen LogP contribution in [0.3, 0.4) is 0 Å². The second-order valence-electron chi connectivity index (χ2n) is 7.87. The van der Waals surface area contributed by atoms with Crippen LogP contribution in [0.4, 0.5) is 15.8 Å². The van der Waals surface area contributed by atoms with Gasteiger partial charge in [0.25, 0.3) is 0 Å². The molecule has 1 aromatic heterocycles. The molecular formula is C24H27FN4O2. The summed E-state index contributed by atoms with van der Waals surface area (Å²) in [5.74, 6) is -0.644. The number of nitrogens with zero attached hydrogens (tertiary/aromatic N) is 2. The third-order valence-electron chi connectivity index (χ3n) is 5.45. The van der Waals surface area contributed by atoms with Crippen LogP contribution in [0.5, 0.6) is 0 Å². The molecule has 4 rings (SSSR count). The van der Waals surface area contributed by atoms with Crippen LogP contribution in [0.15, 0.2) is 54.9 Å². The molecule has 1 aliphatic heterocycles. The Morgan fingerprint density at radius 3 is 2.77 bits per heavy atom. The number of ether oxygens (including phenoxy) is 1. The van der Waals surface area contributed by atoms with Crippen LogP contribution in [-0.2, 0) is 23.1 Å². The fourth-order valence-electron chi connectivity index (χ4n) is 3.70. The summed E-state index contributed by atoms with van der Waals surface area (Å²) in [5, 5.41) is 10.2. The third-order valence-corrected chi connectivity index (χ3v) is 5.45. The van der Waals surface area contributed by atoms with E-state index in [1.54, 1.807) is 16.8 Å². The van der Waals surface area contributed by atoms with Crippen LogP contribution in [-0.4, -0.2) is 28.4 Å². The molecule has 1 atom stereocenters. The number of amides is 1. The fraction of sp³-hybridized carbons (Fsp3) is 0.333. The van der Waals surface area contributed by atoms with Crippen molar-refractivity contribution in [3.63, 3.8) is 0 Å². The fourth-order valence-corrected chi connectivity index (χ4v) is 3.70. The van der Waals surface area contributed by atoms with Gasteiger partial charge in [0.05, 0.1) is 18.0 Å². The number of nitrogens with one attached hydrogen (secondary N) is 2. The molecule has 0 radical (unpaired) electrons. The Bertz CT molecular complexity index is 1030. The van der Waals surface area contributed by atoms with Crippen molar-refractivity contribution in [1.29, 1.82) is 0 Å². The molecule has 3 aromatic rings. The molecule has 0 spiro atoms. The average molecular weight is 423 g/mol. The quantitative estimate of drug-likeness (QED) is 0.550. The molecule has 31 heavy (non-hydrogen) atoms. The smallest absolute Gasteiger partial charge is 0.224 e. The molecule has 2 N–H and O–H groups in total. The first kappa shape index (κ1) is 21.1. The molecule has 1 amide bonds. The van der Waals surface area contributed by atoms with E-state index in [1.165, 1.54) is 6.07 Å². The Morgan fingerprint density at radius 2 is 2.06 bits per heavy atom. The molecule has 2 aromatic carbocycles. The van der Waals surface area contributed by atoms with Crippen molar-refractivity contribution in [3.8, 4) is 11.1 Å². The predicted octanol–water partition coefficient (Wildman–Crippen LogP) is 4.74. The number of rotatable bonds is 8. The van der Waals surface area contributed by atoms with E-state index in [9.17, 15) is 9.18 Å². The van der Waals surface area contributed by atoms with Gasteiger partial charge >= 0.3 is 0 Å². The lowest BCUT2D eigenvalue weighted by molar-refractivity contribution is -0.116. The number of hydrogen-bond acceptors (Lipinski definition) is 4. The van der Waals surface area contributed by atoms with Gasteiger partial charge in [0, 0.05) is 44.1 Å². The minimum atomic E-state index is -0.447. The minimum Gasteiger partial charge on any atom is -0.381 e. The lowest BCUT2D eigenvalue weighted by Gasteiger charge is -2.12. The SMILES string of the molecule is Cn1cc(-c2ccc(CNc3ccc(F)c(NC(=O)CCC4CCCO4)c3)cc2)cn1. The molecule has 2 heterocycles. The highest BCUT2D eigenvalue weighted by Gasteiger charge is 2.17. The maximum Gasteiger partial charge on any atom is 0.224 e. The van der Waals surface area contributed by atoms with Crippen LogP contribution in [0, 0.1) is 5.82 Å². The van der Waals surface area contributed by atoms with Crippen molar-refractivity contribution in [2.45, 2.75) is 38.3 Å². The summed E-state index contributed by atoms with van der Waals surface area (Å²) in [6.07, 6.45) is 6.98. The average Bonchev–Trinajstić information content (AvgIpc) is 3.45. The largest absolute Gasteiger partial charge is 0.381 e. The first-order valence-corrected chi connectivity index (χ1v) is 10.6. The van der Waals surface area contributed by atoms with E-state index in [4.69, 9.17) is 4.74 Å². The van der Waals surface area contributed by atoms with Gasteiger partial charge in [0.2, 0.25) is 5.91 Å². The zero-order valence-corrected chi connectivity index (χ0v) is 17.6. The number of benzene rings is 2. The molecule has 1 fully saturated rings. The van der Waals surface area contributed by atoms with Gasteiger partial charge in [-0.2, -0.15) is 5.10 Å². The van der Waals surface area contributed by atoms with Crippen LogP contribution in [0.25, 0.3) is 11.1 Å². The van der Waals surface area contributed by atoms with Crippen molar-refractivity contribution < 1.29 is 13.9 Å². The summed E-state index contributed by atoms with van der Waals surface area (Å²) < 4.78 is 21.5. The molecule has 7 heteroatoms. The summed E-state index contributed by atoms with van der Waals surface area (Å²) in [6.45, 7) is 1.35. The molecule has 0 saturated carbocycles. The number of anilines is 2. The number of aromatic nitrogens is 2. The van der Waals surface area contributed by atoms with E-state index < -0.39 is 5.82 Å². The monoisotopic (exact) mass is 422 g/mol. The summed E-state index contributed by atoms with van der Waals surface area (Å²) >= 11 is 0. The first-order chi connectivity index (χ1) is 15.1. The Kier molecular flexibility index (Phi) is 6.62. The van der Waals surface area contributed by atoms with Crippen LogP contribution in [0.2, 0.25) is 0 Å². The highest BCUT2D eigenvalue weighted by Crippen LogP contribution is 2.23. The Labute approximate surface area is 181 Å². The molecule has 162 valence electrons. The van der Waals surface area contributed by atoms with Gasteiger partial charge in [-0.1, -0.05) is 24.3 Å². The van der Waals surface area contributed by atoms with Gasteiger partial charge in [0.15, 0.2) is 0 Å². The van der Waals surface area contributed by atoms with Crippen LogP contribution in [0.1, 0.15) is 31.2 Å². The van der Waals surface area contributed by atoms with Crippen molar-refractivity contribution in [1.82, 2.24) is 9.78 Å². The van der Waals surface area contributed by atoms with Crippen LogP contribution >= 0.6 is 0 Å². The van der Waals surface area contributed by atoms with Crippen molar-refractivity contribution in [3.05, 3.63) is 66.2 Å². The second-order valence-corrected chi connectivity index (χ2v) is 7.87. The normalized spacial score (nSPS) is 15.7. The summed E-state index contributed by atoms with van der Waals surface area (Å²) in [4.78, 5) is 12.2. The summed E-state index contributed by atoms with van der Waals surface area (Å²) in [7, 11) is 1.89. The molecule has 0 aliphatic carbocycles. The zero-order chi connectivity index (χ0) is 21.6. The molecular weight excluding hydrogens is 395 g/mol. The maximum atomic E-state index is 14.2. The Balaban J connectivity index is 1.32. The van der Waals surface area contributed by atoms with E-state index in [2.05, 4.69) is 27.9 Å². The standard InChI is InChI=1S/C24H27FN4O2/c1-29-16-19(15-27-29)18-6-4-17(5-7-18)14-26-20-8-10-22(25)23(13-20)28-24(30)11-9-21-3-2-12-31-21/h4-8,10,13,15-16,21,26H,2-3,9,11-12,14H2,1H3,(H,28,30). The van der Waals surface area contributed by atoms with E-state index in [1.807, 2.05) is 31.6 Å². The lowest BCUT2D eigenvalue weighted by atomic mass is 10.1. The molecule has 0 bridgehead atoms. The van der Waals surface area contributed by atoms with Crippen molar-refractivity contribution in [2.24, 2.45) is 7.05 Å². The van der Waals surface area contributed by atoms with Gasteiger partial charge in [-0.15, -0.1) is 0 Å². The van der Waals surface area contributed by atoms with Gasteiger partial charge < -0.3 is 15.4 Å². The first-order valence-electron chi connectivity index (χ1n) is 10.6. The highest BCUT2D eigenvalue weighted by molar-refractivity contribution is 5.91.